The first-order valence-corrected chi connectivity index (χ1v) is 5.91. The van der Waals surface area contributed by atoms with Crippen LogP contribution in [0.3, 0.4) is 0 Å². The number of hydrogen-bond acceptors (Lipinski definition) is 3. The Hall–Kier alpha value is -1.49. The normalized spacial score (nSPS) is 10.3. The number of anilines is 1. The van der Waals surface area contributed by atoms with E-state index in [9.17, 15) is 4.39 Å². The molecule has 2 aromatic rings. The Labute approximate surface area is 107 Å². The number of rotatable bonds is 3. The molecule has 88 valence electrons. The Kier molecular flexibility index (Phi) is 3.68. The van der Waals surface area contributed by atoms with Crippen LogP contribution in [0, 0.1) is 12.7 Å². The molecule has 1 aromatic heterocycles. The van der Waals surface area contributed by atoms with Gasteiger partial charge >= 0.3 is 0 Å². The highest BCUT2D eigenvalue weighted by molar-refractivity contribution is 9.10. The number of aromatic nitrogens is 2. The van der Waals surface area contributed by atoms with Crippen molar-refractivity contribution in [3.63, 3.8) is 0 Å². The number of nitrogens with one attached hydrogen (secondary N) is 1. The van der Waals surface area contributed by atoms with Gasteiger partial charge < -0.3 is 5.32 Å². The summed E-state index contributed by atoms with van der Waals surface area (Å²) in [5.74, 6) is 0.476. The largest absolute Gasteiger partial charge is 0.366 e. The number of halogens is 2. The third kappa shape index (κ3) is 3.23. The van der Waals surface area contributed by atoms with E-state index in [1.54, 1.807) is 6.07 Å². The fourth-order valence-electron chi connectivity index (χ4n) is 1.39. The van der Waals surface area contributed by atoms with Crippen molar-refractivity contribution in [1.29, 1.82) is 0 Å². The van der Waals surface area contributed by atoms with Gasteiger partial charge in [-0.15, -0.1) is 0 Å². The maximum Gasteiger partial charge on any atom is 0.137 e. The van der Waals surface area contributed by atoms with Gasteiger partial charge in [0.1, 0.15) is 18.0 Å². The molecule has 5 heteroatoms. The summed E-state index contributed by atoms with van der Waals surface area (Å²) in [6.07, 6.45) is 1.50. The van der Waals surface area contributed by atoms with Gasteiger partial charge in [-0.3, -0.25) is 0 Å². The summed E-state index contributed by atoms with van der Waals surface area (Å²) < 4.78 is 13.7. The SMILES string of the molecule is Cc1cc(NCc2ccc(Br)c(F)c2)ncn1. The van der Waals surface area contributed by atoms with Crippen LogP contribution in [0.25, 0.3) is 0 Å². The summed E-state index contributed by atoms with van der Waals surface area (Å²) in [7, 11) is 0. The summed E-state index contributed by atoms with van der Waals surface area (Å²) in [6, 6.07) is 6.88. The molecule has 0 unspecified atom stereocenters. The molecular formula is C12H11BrFN3. The molecule has 0 bridgehead atoms. The summed E-state index contributed by atoms with van der Waals surface area (Å²) in [4.78, 5) is 8.07. The topological polar surface area (TPSA) is 37.8 Å². The summed E-state index contributed by atoms with van der Waals surface area (Å²) >= 11 is 3.12. The highest BCUT2D eigenvalue weighted by Gasteiger charge is 2.01. The zero-order valence-corrected chi connectivity index (χ0v) is 10.8. The molecular weight excluding hydrogens is 285 g/mol. The monoisotopic (exact) mass is 295 g/mol. The molecule has 1 N–H and O–H groups in total. The van der Waals surface area contributed by atoms with Gasteiger partial charge in [0.2, 0.25) is 0 Å². The quantitative estimate of drug-likeness (QED) is 0.944. The number of hydrogen-bond donors (Lipinski definition) is 1. The van der Waals surface area contributed by atoms with Crippen molar-refractivity contribution in [2.75, 3.05) is 5.32 Å². The van der Waals surface area contributed by atoms with E-state index < -0.39 is 0 Å². The molecule has 0 fully saturated rings. The van der Waals surface area contributed by atoms with Gasteiger partial charge in [0.15, 0.2) is 0 Å². The predicted octanol–water partition coefficient (Wildman–Crippen LogP) is 3.30. The van der Waals surface area contributed by atoms with Crippen LogP contribution in [0.1, 0.15) is 11.3 Å². The molecule has 2 rings (SSSR count). The van der Waals surface area contributed by atoms with E-state index in [0.29, 0.717) is 11.0 Å². The van der Waals surface area contributed by atoms with Crippen LogP contribution in [0.4, 0.5) is 10.2 Å². The average molecular weight is 296 g/mol. The molecule has 3 nitrogen and oxygen atoms in total. The second kappa shape index (κ2) is 5.23. The molecule has 0 amide bonds. The van der Waals surface area contributed by atoms with Gasteiger partial charge in [-0.05, 0) is 40.5 Å². The van der Waals surface area contributed by atoms with Crippen molar-refractivity contribution in [3.05, 3.63) is 52.1 Å². The van der Waals surface area contributed by atoms with Crippen molar-refractivity contribution in [3.8, 4) is 0 Å². The molecule has 0 aliphatic heterocycles. The van der Waals surface area contributed by atoms with Gasteiger partial charge in [-0.25, -0.2) is 14.4 Å². The van der Waals surface area contributed by atoms with Crippen molar-refractivity contribution in [2.24, 2.45) is 0 Å². The van der Waals surface area contributed by atoms with E-state index in [1.165, 1.54) is 12.4 Å². The lowest BCUT2D eigenvalue weighted by Crippen LogP contribution is -2.02. The zero-order valence-electron chi connectivity index (χ0n) is 9.24. The van der Waals surface area contributed by atoms with Crippen molar-refractivity contribution in [1.82, 2.24) is 9.97 Å². The predicted molar refractivity (Wildman–Crippen MR) is 68.2 cm³/mol. The lowest BCUT2D eigenvalue weighted by Gasteiger charge is -2.06. The maximum absolute atomic E-state index is 13.3. The zero-order chi connectivity index (χ0) is 12.3. The van der Waals surface area contributed by atoms with E-state index in [1.807, 2.05) is 19.1 Å². The van der Waals surface area contributed by atoms with Crippen LogP contribution in [0.2, 0.25) is 0 Å². The van der Waals surface area contributed by atoms with Gasteiger partial charge in [0.25, 0.3) is 0 Å². The molecule has 17 heavy (non-hydrogen) atoms. The Balaban J connectivity index is 2.05. The fourth-order valence-corrected chi connectivity index (χ4v) is 1.64. The average Bonchev–Trinajstić information content (AvgIpc) is 2.31. The van der Waals surface area contributed by atoms with E-state index >= 15 is 0 Å². The molecule has 0 radical (unpaired) electrons. The standard InChI is InChI=1S/C12H11BrFN3/c1-8-4-12(17-7-16-8)15-6-9-2-3-10(13)11(14)5-9/h2-5,7H,6H2,1H3,(H,15,16,17). The Morgan fingerprint density at radius 3 is 2.82 bits per heavy atom. The van der Waals surface area contributed by atoms with Gasteiger partial charge in [-0.1, -0.05) is 6.07 Å². The molecule has 0 saturated carbocycles. The van der Waals surface area contributed by atoms with E-state index in [4.69, 9.17) is 0 Å². The molecule has 0 saturated heterocycles. The van der Waals surface area contributed by atoms with Crippen LogP contribution in [-0.4, -0.2) is 9.97 Å². The molecule has 0 atom stereocenters. The van der Waals surface area contributed by atoms with Gasteiger partial charge in [0, 0.05) is 18.3 Å². The Bertz CT molecular complexity index is 531. The third-order valence-corrected chi connectivity index (χ3v) is 2.90. The number of aryl methyl sites for hydroxylation is 1. The minimum Gasteiger partial charge on any atom is -0.366 e. The van der Waals surface area contributed by atoms with E-state index in [-0.39, 0.29) is 5.82 Å². The number of benzene rings is 1. The lowest BCUT2D eigenvalue weighted by atomic mass is 10.2. The van der Waals surface area contributed by atoms with Crippen LogP contribution < -0.4 is 5.32 Å². The number of nitrogens with zero attached hydrogens (tertiary/aromatic N) is 2. The van der Waals surface area contributed by atoms with E-state index in [0.717, 1.165) is 17.1 Å². The van der Waals surface area contributed by atoms with E-state index in [2.05, 4.69) is 31.2 Å². The Morgan fingerprint density at radius 1 is 1.29 bits per heavy atom. The summed E-state index contributed by atoms with van der Waals surface area (Å²) in [6.45, 7) is 2.42. The van der Waals surface area contributed by atoms with Crippen molar-refractivity contribution < 1.29 is 4.39 Å². The van der Waals surface area contributed by atoms with Crippen LogP contribution in [0.15, 0.2) is 35.1 Å². The first kappa shape index (κ1) is 12.0. The second-order valence-electron chi connectivity index (χ2n) is 3.65. The summed E-state index contributed by atoms with van der Waals surface area (Å²) in [5.41, 5.74) is 1.76. The van der Waals surface area contributed by atoms with Gasteiger partial charge in [0.05, 0.1) is 4.47 Å². The van der Waals surface area contributed by atoms with Gasteiger partial charge in [-0.2, -0.15) is 0 Å². The molecule has 1 aromatic carbocycles. The van der Waals surface area contributed by atoms with Crippen LogP contribution >= 0.6 is 15.9 Å². The molecule has 0 aliphatic rings. The molecule has 1 heterocycles. The molecule has 0 spiro atoms. The maximum atomic E-state index is 13.3. The first-order chi connectivity index (χ1) is 8.15. The minimum absolute atomic E-state index is 0.261. The van der Waals surface area contributed by atoms with Crippen molar-refractivity contribution in [2.45, 2.75) is 13.5 Å². The highest BCUT2D eigenvalue weighted by Crippen LogP contribution is 2.17. The highest BCUT2D eigenvalue weighted by atomic mass is 79.9. The van der Waals surface area contributed by atoms with Crippen LogP contribution in [-0.2, 0) is 6.54 Å². The fraction of sp³-hybridized carbons (Fsp3) is 0.167. The lowest BCUT2D eigenvalue weighted by molar-refractivity contribution is 0.619. The third-order valence-electron chi connectivity index (χ3n) is 2.26. The molecule has 0 aliphatic carbocycles. The first-order valence-electron chi connectivity index (χ1n) is 5.11. The van der Waals surface area contributed by atoms with Crippen molar-refractivity contribution >= 4 is 21.7 Å². The second-order valence-corrected chi connectivity index (χ2v) is 4.50. The van der Waals surface area contributed by atoms with Crippen LogP contribution in [0.5, 0.6) is 0 Å². The summed E-state index contributed by atoms with van der Waals surface area (Å²) in [5, 5.41) is 3.12. The smallest absolute Gasteiger partial charge is 0.137 e. The Morgan fingerprint density at radius 2 is 2.12 bits per heavy atom. The minimum atomic E-state index is -0.261.